The van der Waals surface area contributed by atoms with E-state index in [1.165, 1.54) is 10.5 Å². The predicted molar refractivity (Wildman–Crippen MR) is 103 cm³/mol. The highest BCUT2D eigenvalue weighted by Gasteiger charge is 2.39. The number of amides is 1. The largest absolute Gasteiger partial charge is 0.465 e. The summed E-state index contributed by atoms with van der Waals surface area (Å²) >= 11 is 0. The first-order valence-electron chi connectivity index (χ1n) is 9.30. The van der Waals surface area contributed by atoms with Crippen molar-refractivity contribution in [2.75, 3.05) is 19.7 Å². The molecule has 6 heteroatoms. The molecule has 0 saturated carbocycles. The highest BCUT2D eigenvalue weighted by molar-refractivity contribution is 5.80. The molecule has 0 spiro atoms. The van der Waals surface area contributed by atoms with Gasteiger partial charge in [0.2, 0.25) is 0 Å². The van der Waals surface area contributed by atoms with Gasteiger partial charge in [-0.2, -0.15) is 4.99 Å². The van der Waals surface area contributed by atoms with Gasteiger partial charge < -0.3 is 19.6 Å². The standard InChI is InChI=1S/C21H23N3O3/c25-21(26)23-13-11-18(12-14-23)24-19(16-7-3-1-4-8-16)15-27-20(24)22-17-9-5-2-6-10-17/h1-10,18-19H,11-15H2,(H,25,26)/t19-/m0/s1. The minimum Gasteiger partial charge on any atom is -0.465 e. The monoisotopic (exact) mass is 365 g/mol. The molecule has 140 valence electrons. The van der Waals surface area contributed by atoms with Gasteiger partial charge in [-0.3, -0.25) is 0 Å². The number of rotatable bonds is 3. The van der Waals surface area contributed by atoms with Crippen molar-refractivity contribution in [2.24, 2.45) is 4.99 Å². The summed E-state index contributed by atoms with van der Waals surface area (Å²) in [5.74, 6) is 0. The van der Waals surface area contributed by atoms with E-state index < -0.39 is 6.09 Å². The normalized spacial score (nSPS) is 22.1. The zero-order valence-electron chi connectivity index (χ0n) is 15.1. The van der Waals surface area contributed by atoms with Gasteiger partial charge in [-0.25, -0.2) is 4.79 Å². The maximum atomic E-state index is 11.2. The molecule has 2 aliphatic heterocycles. The summed E-state index contributed by atoms with van der Waals surface area (Å²) in [7, 11) is 0. The number of para-hydroxylation sites is 1. The number of hydrogen-bond donors (Lipinski definition) is 1. The molecule has 2 fully saturated rings. The first-order valence-corrected chi connectivity index (χ1v) is 9.30. The van der Waals surface area contributed by atoms with Gasteiger partial charge in [0.25, 0.3) is 6.02 Å². The first kappa shape index (κ1) is 17.4. The molecule has 0 aliphatic carbocycles. The number of aliphatic imine (C=N–C) groups is 1. The highest BCUT2D eigenvalue weighted by Crippen LogP contribution is 2.34. The number of likely N-dealkylation sites (tertiary alicyclic amines) is 1. The third-order valence-electron chi connectivity index (χ3n) is 5.22. The molecule has 1 amide bonds. The number of piperidine rings is 1. The zero-order valence-corrected chi connectivity index (χ0v) is 15.1. The molecule has 2 saturated heterocycles. The molecule has 0 aromatic heterocycles. The van der Waals surface area contributed by atoms with Crippen LogP contribution < -0.4 is 0 Å². The lowest BCUT2D eigenvalue weighted by Gasteiger charge is -2.38. The summed E-state index contributed by atoms with van der Waals surface area (Å²) < 4.78 is 6.01. The molecule has 0 radical (unpaired) electrons. The van der Waals surface area contributed by atoms with E-state index in [0.717, 1.165) is 18.5 Å². The van der Waals surface area contributed by atoms with Crippen LogP contribution in [0.25, 0.3) is 0 Å². The third kappa shape index (κ3) is 3.74. The first-order chi connectivity index (χ1) is 13.2. The van der Waals surface area contributed by atoms with Crippen LogP contribution in [0.15, 0.2) is 65.7 Å². The van der Waals surface area contributed by atoms with Crippen LogP contribution in [-0.4, -0.2) is 52.8 Å². The Hall–Kier alpha value is -3.02. The number of hydrogen-bond acceptors (Lipinski definition) is 3. The van der Waals surface area contributed by atoms with Gasteiger partial charge in [0.05, 0.1) is 11.7 Å². The van der Waals surface area contributed by atoms with Gasteiger partial charge >= 0.3 is 6.09 Å². The number of benzene rings is 2. The smallest absolute Gasteiger partial charge is 0.407 e. The minimum absolute atomic E-state index is 0.0926. The number of ether oxygens (including phenoxy) is 1. The van der Waals surface area contributed by atoms with E-state index in [0.29, 0.717) is 25.7 Å². The average molecular weight is 365 g/mol. The lowest BCUT2D eigenvalue weighted by atomic mass is 9.99. The Kier molecular flexibility index (Phi) is 4.96. The second-order valence-electron chi connectivity index (χ2n) is 6.88. The van der Waals surface area contributed by atoms with Crippen LogP contribution in [0.4, 0.5) is 10.5 Å². The van der Waals surface area contributed by atoms with E-state index in [4.69, 9.17) is 9.73 Å². The number of nitrogens with zero attached hydrogens (tertiary/aromatic N) is 3. The van der Waals surface area contributed by atoms with E-state index in [-0.39, 0.29) is 12.1 Å². The van der Waals surface area contributed by atoms with Gasteiger partial charge in [-0.1, -0.05) is 48.5 Å². The van der Waals surface area contributed by atoms with Crippen molar-refractivity contribution in [1.82, 2.24) is 9.80 Å². The quantitative estimate of drug-likeness (QED) is 0.896. The summed E-state index contributed by atoms with van der Waals surface area (Å²) in [6.07, 6.45) is 0.698. The molecule has 1 atom stereocenters. The summed E-state index contributed by atoms with van der Waals surface area (Å²) in [6.45, 7) is 1.63. The van der Waals surface area contributed by atoms with E-state index in [1.54, 1.807) is 0 Å². The Morgan fingerprint density at radius 1 is 1.00 bits per heavy atom. The van der Waals surface area contributed by atoms with Crippen molar-refractivity contribution in [3.63, 3.8) is 0 Å². The maximum Gasteiger partial charge on any atom is 0.407 e. The molecule has 2 aliphatic rings. The fourth-order valence-electron chi connectivity index (χ4n) is 3.82. The van der Waals surface area contributed by atoms with Gasteiger partial charge in [-0.15, -0.1) is 0 Å². The molecule has 2 heterocycles. The van der Waals surface area contributed by atoms with Crippen molar-refractivity contribution >= 4 is 17.8 Å². The van der Waals surface area contributed by atoms with Crippen LogP contribution in [0, 0.1) is 0 Å². The minimum atomic E-state index is -0.844. The Bertz CT molecular complexity index is 802. The summed E-state index contributed by atoms with van der Waals surface area (Å²) in [5.41, 5.74) is 2.05. The molecule has 0 unspecified atom stereocenters. The fraction of sp³-hybridized carbons (Fsp3) is 0.333. The van der Waals surface area contributed by atoms with Crippen LogP contribution in [-0.2, 0) is 4.74 Å². The third-order valence-corrected chi connectivity index (χ3v) is 5.22. The van der Waals surface area contributed by atoms with Gasteiger partial charge in [0, 0.05) is 19.1 Å². The zero-order chi connectivity index (χ0) is 18.6. The summed E-state index contributed by atoms with van der Waals surface area (Å²) in [6, 6.07) is 21.0. The van der Waals surface area contributed by atoms with Crippen LogP contribution >= 0.6 is 0 Å². The Balaban J connectivity index is 1.62. The highest BCUT2D eigenvalue weighted by atomic mass is 16.5. The Morgan fingerprint density at radius 2 is 1.63 bits per heavy atom. The van der Waals surface area contributed by atoms with Crippen molar-refractivity contribution in [3.05, 3.63) is 66.2 Å². The molecule has 2 aromatic carbocycles. The van der Waals surface area contributed by atoms with Crippen molar-refractivity contribution in [2.45, 2.75) is 24.9 Å². The van der Waals surface area contributed by atoms with Crippen molar-refractivity contribution in [3.8, 4) is 0 Å². The van der Waals surface area contributed by atoms with Crippen molar-refractivity contribution < 1.29 is 14.6 Å². The van der Waals surface area contributed by atoms with E-state index in [9.17, 15) is 9.90 Å². The van der Waals surface area contributed by atoms with Crippen LogP contribution in [0.1, 0.15) is 24.4 Å². The summed E-state index contributed by atoms with van der Waals surface area (Å²) in [4.78, 5) is 19.7. The fourth-order valence-corrected chi connectivity index (χ4v) is 3.82. The summed E-state index contributed by atoms with van der Waals surface area (Å²) in [5, 5.41) is 9.23. The lowest BCUT2D eigenvalue weighted by Crippen LogP contribution is -2.47. The Morgan fingerprint density at radius 3 is 2.26 bits per heavy atom. The molecular formula is C21H23N3O3. The van der Waals surface area contributed by atoms with Crippen LogP contribution in [0.2, 0.25) is 0 Å². The second kappa shape index (κ2) is 7.70. The van der Waals surface area contributed by atoms with E-state index in [1.807, 2.05) is 48.5 Å². The van der Waals surface area contributed by atoms with E-state index in [2.05, 4.69) is 17.0 Å². The number of carbonyl (C=O) groups is 1. The van der Waals surface area contributed by atoms with E-state index >= 15 is 0 Å². The van der Waals surface area contributed by atoms with Crippen molar-refractivity contribution in [1.29, 1.82) is 0 Å². The van der Waals surface area contributed by atoms with Crippen LogP contribution in [0.5, 0.6) is 0 Å². The van der Waals surface area contributed by atoms with Gasteiger partial charge in [0.15, 0.2) is 0 Å². The molecular weight excluding hydrogens is 342 g/mol. The average Bonchev–Trinajstić information content (AvgIpc) is 3.13. The lowest BCUT2D eigenvalue weighted by molar-refractivity contribution is 0.111. The molecule has 0 bridgehead atoms. The predicted octanol–water partition coefficient (Wildman–Crippen LogP) is 3.89. The van der Waals surface area contributed by atoms with Crippen LogP contribution in [0.3, 0.4) is 0 Å². The molecule has 1 N–H and O–H groups in total. The molecule has 6 nitrogen and oxygen atoms in total. The maximum absolute atomic E-state index is 11.2. The Labute approximate surface area is 158 Å². The second-order valence-corrected chi connectivity index (χ2v) is 6.88. The molecule has 27 heavy (non-hydrogen) atoms. The molecule has 2 aromatic rings. The SMILES string of the molecule is O=C(O)N1CCC(N2C(=Nc3ccccc3)OC[C@H]2c2ccccc2)CC1. The topological polar surface area (TPSA) is 65.4 Å². The van der Waals surface area contributed by atoms with Gasteiger partial charge in [0.1, 0.15) is 6.61 Å². The molecule has 4 rings (SSSR count). The number of carboxylic acid groups (broad SMARTS) is 1. The number of amidine groups is 1. The van der Waals surface area contributed by atoms with Gasteiger partial charge in [-0.05, 0) is 30.5 Å².